The number of halogens is 1. The minimum Gasteiger partial charge on any atom is -0.314 e. The molecule has 2 nitrogen and oxygen atoms in total. The second-order valence-electron chi connectivity index (χ2n) is 5.89. The van der Waals surface area contributed by atoms with Crippen LogP contribution in [0, 0.1) is 5.41 Å². The Morgan fingerprint density at radius 3 is 2.72 bits per heavy atom. The Morgan fingerprint density at radius 1 is 1.39 bits per heavy atom. The molecule has 0 aliphatic heterocycles. The summed E-state index contributed by atoms with van der Waals surface area (Å²) in [5.74, 6) is 0. The quantitative estimate of drug-likeness (QED) is 0.876. The number of hydrogen-bond donors (Lipinski definition) is 1. The van der Waals surface area contributed by atoms with Crippen molar-refractivity contribution in [3.8, 4) is 0 Å². The molecule has 1 aliphatic carbocycles. The van der Waals surface area contributed by atoms with Crippen LogP contribution in [0.2, 0.25) is 5.02 Å². The third-order valence-corrected chi connectivity index (χ3v) is 4.31. The molecular formula is C15H23ClN2. The molecule has 0 aromatic carbocycles. The Labute approximate surface area is 115 Å². The fourth-order valence-corrected chi connectivity index (χ4v) is 3.10. The summed E-state index contributed by atoms with van der Waals surface area (Å²) < 4.78 is 0. The maximum Gasteiger partial charge on any atom is 0.0621 e. The SMILES string of the molecule is CC(C)NCC1(Cc2ccncc2Cl)CCCC1. The van der Waals surface area contributed by atoms with E-state index in [0.717, 1.165) is 18.0 Å². The lowest BCUT2D eigenvalue weighted by Gasteiger charge is -2.31. The first kappa shape index (κ1) is 13.8. The van der Waals surface area contributed by atoms with Gasteiger partial charge in [-0.25, -0.2) is 0 Å². The molecule has 1 aromatic heterocycles. The van der Waals surface area contributed by atoms with Crippen LogP contribution in [0.1, 0.15) is 45.1 Å². The summed E-state index contributed by atoms with van der Waals surface area (Å²) in [5.41, 5.74) is 1.65. The standard InChI is InChI=1S/C15H23ClN2/c1-12(2)18-11-15(6-3-4-7-15)9-13-5-8-17-10-14(13)16/h5,8,10,12,18H,3-4,6-7,9,11H2,1-2H3. The van der Waals surface area contributed by atoms with Gasteiger partial charge in [-0.05, 0) is 36.3 Å². The lowest BCUT2D eigenvalue weighted by Crippen LogP contribution is -2.37. The van der Waals surface area contributed by atoms with Gasteiger partial charge in [-0.1, -0.05) is 38.3 Å². The highest BCUT2D eigenvalue weighted by molar-refractivity contribution is 6.31. The van der Waals surface area contributed by atoms with Gasteiger partial charge in [0.1, 0.15) is 0 Å². The highest BCUT2D eigenvalue weighted by Gasteiger charge is 2.34. The van der Waals surface area contributed by atoms with Crippen LogP contribution < -0.4 is 5.32 Å². The van der Waals surface area contributed by atoms with Crippen molar-refractivity contribution in [3.05, 3.63) is 29.0 Å². The van der Waals surface area contributed by atoms with Crippen molar-refractivity contribution in [3.63, 3.8) is 0 Å². The molecule has 1 aliphatic rings. The van der Waals surface area contributed by atoms with Gasteiger partial charge in [-0.2, -0.15) is 0 Å². The van der Waals surface area contributed by atoms with Crippen LogP contribution in [0.3, 0.4) is 0 Å². The van der Waals surface area contributed by atoms with Gasteiger partial charge in [0, 0.05) is 25.0 Å². The average Bonchev–Trinajstić information content (AvgIpc) is 2.79. The Morgan fingerprint density at radius 2 is 2.11 bits per heavy atom. The average molecular weight is 267 g/mol. The first-order valence-corrected chi connectivity index (χ1v) is 7.31. The third-order valence-electron chi connectivity index (χ3n) is 3.97. The molecule has 100 valence electrons. The second-order valence-corrected chi connectivity index (χ2v) is 6.29. The molecule has 0 saturated heterocycles. The maximum absolute atomic E-state index is 6.24. The molecule has 1 N–H and O–H groups in total. The first-order valence-electron chi connectivity index (χ1n) is 6.93. The number of hydrogen-bond acceptors (Lipinski definition) is 2. The molecule has 0 bridgehead atoms. The summed E-state index contributed by atoms with van der Waals surface area (Å²) in [6.45, 7) is 5.52. The fourth-order valence-electron chi connectivity index (χ4n) is 2.91. The maximum atomic E-state index is 6.24. The molecule has 0 atom stereocenters. The van der Waals surface area contributed by atoms with Crippen molar-refractivity contribution in [2.75, 3.05) is 6.54 Å². The van der Waals surface area contributed by atoms with Gasteiger partial charge in [-0.3, -0.25) is 4.98 Å². The molecule has 0 spiro atoms. The van der Waals surface area contributed by atoms with Crippen LogP contribution in [-0.4, -0.2) is 17.6 Å². The number of aromatic nitrogens is 1. The van der Waals surface area contributed by atoms with E-state index in [1.807, 2.05) is 6.20 Å². The summed E-state index contributed by atoms with van der Waals surface area (Å²) in [7, 11) is 0. The second kappa shape index (κ2) is 6.03. The predicted molar refractivity (Wildman–Crippen MR) is 77.0 cm³/mol. The van der Waals surface area contributed by atoms with E-state index in [2.05, 4.69) is 30.2 Å². The van der Waals surface area contributed by atoms with Crippen molar-refractivity contribution >= 4 is 11.6 Å². The Balaban J connectivity index is 2.08. The normalized spacial score (nSPS) is 18.4. The highest BCUT2D eigenvalue weighted by atomic mass is 35.5. The van der Waals surface area contributed by atoms with Crippen LogP contribution in [0.25, 0.3) is 0 Å². The van der Waals surface area contributed by atoms with E-state index in [4.69, 9.17) is 11.6 Å². The topological polar surface area (TPSA) is 24.9 Å². The molecule has 0 amide bonds. The summed E-state index contributed by atoms with van der Waals surface area (Å²) >= 11 is 6.24. The summed E-state index contributed by atoms with van der Waals surface area (Å²) in [5, 5.41) is 4.42. The number of pyridine rings is 1. The zero-order valence-electron chi connectivity index (χ0n) is 11.4. The van der Waals surface area contributed by atoms with Crippen molar-refractivity contribution < 1.29 is 0 Å². The van der Waals surface area contributed by atoms with E-state index in [9.17, 15) is 0 Å². The van der Waals surface area contributed by atoms with Gasteiger partial charge in [0.15, 0.2) is 0 Å². The largest absolute Gasteiger partial charge is 0.314 e. The molecule has 1 saturated carbocycles. The number of nitrogens with zero attached hydrogens (tertiary/aromatic N) is 1. The monoisotopic (exact) mass is 266 g/mol. The van der Waals surface area contributed by atoms with Crippen molar-refractivity contribution in [1.29, 1.82) is 0 Å². The molecule has 1 heterocycles. The zero-order chi connectivity index (χ0) is 13.0. The van der Waals surface area contributed by atoms with Gasteiger partial charge >= 0.3 is 0 Å². The lowest BCUT2D eigenvalue weighted by atomic mass is 9.80. The van der Waals surface area contributed by atoms with Gasteiger partial charge < -0.3 is 5.32 Å². The Kier molecular flexibility index (Phi) is 4.63. The Bertz CT molecular complexity index is 384. The van der Waals surface area contributed by atoms with Gasteiger partial charge in [-0.15, -0.1) is 0 Å². The van der Waals surface area contributed by atoms with Crippen LogP contribution >= 0.6 is 11.6 Å². The van der Waals surface area contributed by atoms with Crippen LogP contribution in [0.4, 0.5) is 0 Å². The highest BCUT2D eigenvalue weighted by Crippen LogP contribution is 2.41. The molecule has 18 heavy (non-hydrogen) atoms. The molecule has 0 unspecified atom stereocenters. The molecule has 2 rings (SSSR count). The third kappa shape index (κ3) is 3.46. The molecule has 1 fully saturated rings. The van der Waals surface area contributed by atoms with Crippen molar-refractivity contribution in [1.82, 2.24) is 10.3 Å². The van der Waals surface area contributed by atoms with E-state index in [0.29, 0.717) is 11.5 Å². The minimum atomic E-state index is 0.398. The predicted octanol–water partition coefficient (Wildman–Crippen LogP) is 3.84. The minimum absolute atomic E-state index is 0.398. The molecule has 0 radical (unpaired) electrons. The van der Waals surface area contributed by atoms with E-state index in [-0.39, 0.29) is 0 Å². The zero-order valence-corrected chi connectivity index (χ0v) is 12.1. The van der Waals surface area contributed by atoms with Gasteiger partial charge in [0.05, 0.1) is 5.02 Å². The molecule has 1 aromatic rings. The number of nitrogens with one attached hydrogen (secondary N) is 1. The van der Waals surface area contributed by atoms with Crippen LogP contribution in [0.15, 0.2) is 18.5 Å². The lowest BCUT2D eigenvalue weighted by molar-refractivity contribution is 0.269. The van der Waals surface area contributed by atoms with Gasteiger partial charge in [0.25, 0.3) is 0 Å². The molecule has 3 heteroatoms. The van der Waals surface area contributed by atoms with Gasteiger partial charge in [0.2, 0.25) is 0 Å². The van der Waals surface area contributed by atoms with Crippen molar-refractivity contribution in [2.24, 2.45) is 5.41 Å². The summed E-state index contributed by atoms with van der Waals surface area (Å²) in [6.07, 6.45) is 10.0. The van der Waals surface area contributed by atoms with Crippen molar-refractivity contribution in [2.45, 2.75) is 52.0 Å². The summed E-state index contributed by atoms with van der Waals surface area (Å²) in [6, 6.07) is 2.62. The summed E-state index contributed by atoms with van der Waals surface area (Å²) in [4.78, 5) is 4.07. The fraction of sp³-hybridized carbons (Fsp3) is 0.667. The first-order chi connectivity index (χ1) is 8.61. The van der Waals surface area contributed by atoms with E-state index < -0.39 is 0 Å². The van der Waals surface area contributed by atoms with E-state index in [1.165, 1.54) is 31.2 Å². The van der Waals surface area contributed by atoms with Crippen LogP contribution in [0.5, 0.6) is 0 Å². The van der Waals surface area contributed by atoms with Crippen LogP contribution in [-0.2, 0) is 6.42 Å². The number of rotatable bonds is 5. The van der Waals surface area contributed by atoms with E-state index >= 15 is 0 Å². The van der Waals surface area contributed by atoms with E-state index in [1.54, 1.807) is 6.20 Å². The molecular weight excluding hydrogens is 244 g/mol. The smallest absolute Gasteiger partial charge is 0.0621 e. The Hall–Kier alpha value is -0.600.